The molecule has 0 bridgehead atoms. The minimum absolute atomic E-state index is 0.362. The maximum Gasteiger partial charge on any atom is 0.122 e. The highest BCUT2D eigenvalue weighted by Crippen LogP contribution is 2.43. The number of allylic oxidation sites excluding steroid dienone is 2. The molecule has 1 saturated carbocycles. The highest BCUT2D eigenvalue weighted by atomic mass is 19.1. The van der Waals surface area contributed by atoms with E-state index in [4.69, 9.17) is 0 Å². The van der Waals surface area contributed by atoms with Crippen molar-refractivity contribution >= 4 is 0 Å². The summed E-state index contributed by atoms with van der Waals surface area (Å²) in [5, 5.41) is 9.83. The molecule has 0 heterocycles. The standard InChI is InChI=1S/C11H15FO/c1-7-6-10(7)11(13)8-2-4-9(12)5-3-8/h2-4,7,9-11,13H,5-6H2,1H3. The molecular formula is C11H15FO. The van der Waals surface area contributed by atoms with Crippen LogP contribution in [0.3, 0.4) is 0 Å². The zero-order chi connectivity index (χ0) is 9.42. The number of hydrogen-bond acceptors (Lipinski definition) is 1. The molecule has 0 aromatic rings. The summed E-state index contributed by atoms with van der Waals surface area (Å²) < 4.78 is 12.7. The molecular weight excluding hydrogens is 167 g/mol. The zero-order valence-electron chi connectivity index (χ0n) is 7.78. The van der Waals surface area contributed by atoms with Gasteiger partial charge in [0.2, 0.25) is 0 Å². The lowest BCUT2D eigenvalue weighted by Gasteiger charge is -2.15. The summed E-state index contributed by atoms with van der Waals surface area (Å²) in [5.41, 5.74) is 0.906. The van der Waals surface area contributed by atoms with Gasteiger partial charge in [-0.2, -0.15) is 0 Å². The molecule has 4 atom stereocenters. The third-order valence-corrected chi connectivity index (χ3v) is 3.00. The first kappa shape index (κ1) is 8.95. The van der Waals surface area contributed by atoms with Crippen molar-refractivity contribution in [3.05, 3.63) is 23.8 Å². The Morgan fingerprint density at radius 3 is 2.77 bits per heavy atom. The Morgan fingerprint density at radius 2 is 2.31 bits per heavy atom. The van der Waals surface area contributed by atoms with Gasteiger partial charge in [0.25, 0.3) is 0 Å². The largest absolute Gasteiger partial charge is 0.388 e. The fourth-order valence-corrected chi connectivity index (χ4v) is 1.87. The van der Waals surface area contributed by atoms with E-state index in [1.54, 1.807) is 6.08 Å². The number of hydrogen-bond donors (Lipinski definition) is 1. The molecule has 0 saturated heterocycles. The molecule has 0 spiro atoms. The quantitative estimate of drug-likeness (QED) is 0.694. The second-order valence-corrected chi connectivity index (χ2v) is 4.14. The van der Waals surface area contributed by atoms with Crippen LogP contribution in [0.15, 0.2) is 23.8 Å². The van der Waals surface area contributed by atoms with Crippen molar-refractivity contribution in [1.82, 2.24) is 0 Å². The van der Waals surface area contributed by atoms with Crippen LogP contribution in [0.1, 0.15) is 19.8 Å². The van der Waals surface area contributed by atoms with Gasteiger partial charge < -0.3 is 5.11 Å². The number of halogens is 1. The predicted molar refractivity (Wildman–Crippen MR) is 50.0 cm³/mol. The van der Waals surface area contributed by atoms with Crippen LogP contribution in [0.5, 0.6) is 0 Å². The Hall–Kier alpha value is -0.630. The van der Waals surface area contributed by atoms with E-state index >= 15 is 0 Å². The van der Waals surface area contributed by atoms with Gasteiger partial charge in [0.1, 0.15) is 6.17 Å². The lowest BCUT2D eigenvalue weighted by atomic mass is 9.98. The molecule has 0 amide bonds. The third kappa shape index (κ3) is 1.83. The van der Waals surface area contributed by atoms with Gasteiger partial charge in [-0.05, 0) is 23.8 Å². The monoisotopic (exact) mass is 182 g/mol. The number of rotatable bonds is 2. The minimum Gasteiger partial charge on any atom is -0.388 e. The van der Waals surface area contributed by atoms with Gasteiger partial charge in [-0.25, -0.2) is 4.39 Å². The first-order chi connectivity index (χ1) is 6.18. The number of aliphatic hydroxyl groups is 1. The smallest absolute Gasteiger partial charge is 0.122 e. The van der Waals surface area contributed by atoms with Crippen LogP contribution in [0.2, 0.25) is 0 Å². The lowest BCUT2D eigenvalue weighted by Crippen LogP contribution is -2.15. The fraction of sp³-hybridized carbons (Fsp3) is 0.636. The zero-order valence-corrected chi connectivity index (χ0v) is 7.78. The maximum atomic E-state index is 12.7. The Labute approximate surface area is 78.0 Å². The Kier molecular flexibility index (Phi) is 2.24. The van der Waals surface area contributed by atoms with Crippen molar-refractivity contribution in [2.24, 2.45) is 11.8 Å². The van der Waals surface area contributed by atoms with Crippen LogP contribution in [0, 0.1) is 11.8 Å². The number of alkyl halides is 1. The van der Waals surface area contributed by atoms with Crippen molar-refractivity contribution in [1.29, 1.82) is 0 Å². The molecule has 0 radical (unpaired) electrons. The van der Waals surface area contributed by atoms with Crippen molar-refractivity contribution in [2.45, 2.75) is 32.0 Å². The van der Waals surface area contributed by atoms with Crippen molar-refractivity contribution in [3.63, 3.8) is 0 Å². The Bertz CT molecular complexity index is 257. The first-order valence-electron chi connectivity index (χ1n) is 4.89. The molecule has 1 fully saturated rings. The van der Waals surface area contributed by atoms with E-state index in [1.165, 1.54) is 6.08 Å². The molecule has 4 unspecified atom stereocenters. The Morgan fingerprint density at radius 1 is 1.62 bits per heavy atom. The van der Waals surface area contributed by atoms with Crippen LogP contribution in [-0.4, -0.2) is 17.4 Å². The number of aliphatic hydroxyl groups excluding tert-OH is 1. The summed E-state index contributed by atoms with van der Waals surface area (Å²) in [5.74, 6) is 1.04. The molecule has 2 heteroatoms. The highest BCUT2D eigenvalue weighted by molar-refractivity contribution is 5.29. The van der Waals surface area contributed by atoms with E-state index in [1.807, 2.05) is 6.08 Å². The van der Waals surface area contributed by atoms with E-state index in [2.05, 4.69) is 6.92 Å². The normalized spacial score (nSPS) is 39.9. The van der Waals surface area contributed by atoms with Crippen LogP contribution >= 0.6 is 0 Å². The molecule has 1 nitrogen and oxygen atoms in total. The summed E-state index contributed by atoms with van der Waals surface area (Å²) in [6, 6.07) is 0. The topological polar surface area (TPSA) is 20.2 Å². The van der Waals surface area contributed by atoms with E-state index in [0.29, 0.717) is 18.3 Å². The van der Waals surface area contributed by atoms with Gasteiger partial charge in [-0.3, -0.25) is 0 Å². The molecule has 0 aromatic carbocycles. The molecule has 13 heavy (non-hydrogen) atoms. The van der Waals surface area contributed by atoms with E-state index in [-0.39, 0.29) is 6.10 Å². The summed E-state index contributed by atoms with van der Waals surface area (Å²) >= 11 is 0. The first-order valence-corrected chi connectivity index (χ1v) is 4.89. The molecule has 1 N–H and O–H groups in total. The van der Waals surface area contributed by atoms with Gasteiger partial charge in [-0.15, -0.1) is 0 Å². The second-order valence-electron chi connectivity index (χ2n) is 4.14. The van der Waals surface area contributed by atoms with Crippen LogP contribution in [0.25, 0.3) is 0 Å². The highest BCUT2D eigenvalue weighted by Gasteiger charge is 2.39. The molecule has 72 valence electrons. The van der Waals surface area contributed by atoms with Gasteiger partial charge >= 0.3 is 0 Å². The van der Waals surface area contributed by atoms with Gasteiger partial charge in [0.15, 0.2) is 0 Å². The lowest BCUT2D eigenvalue weighted by molar-refractivity contribution is 0.184. The molecule has 2 aliphatic rings. The van der Waals surface area contributed by atoms with E-state index < -0.39 is 6.17 Å². The van der Waals surface area contributed by atoms with Gasteiger partial charge in [0.05, 0.1) is 6.10 Å². The Balaban J connectivity index is 1.98. The van der Waals surface area contributed by atoms with Crippen LogP contribution in [0.4, 0.5) is 4.39 Å². The van der Waals surface area contributed by atoms with E-state index in [9.17, 15) is 9.50 Å². The SMILES string of the molecule is CC1CC1C(O)C1=CCC(F)C=C1. The summed E-state index contributed by atoms with van der Waals surface area (Å²) in [6.07, 6.45) is 5.39. The fourth-order valence-electron chi connectivity index (χ4n) is 1.87. The molecule has 0 aliphatic heterocycles. The van der Waals surface area contributed by atoms with Crippen LogP contribution in [-0.2, 0) is 0 Å². The maximum absolute atomic E-state index is 12.7. The van der Waals surface area contributed by atoms with Crippen molar-refractivity contribution < 1.29 is 9.50 Å². The summed E-state index contributed by atoms with van der Waals surface area (Å²) in [7, 11) is 0. The predicted octanol–water partition coefficient (Wildman–Crippen LogP) is 2.23. The third-order valence-electron chi connectivity index (χ3n) is 3.00. The second kappa shape index (κ2) is 3.26. The van der Waals surface area contributed by atoms with Crippen molar-refractivity contribution in [2.75, 3.05) is 0 Å². The van der Waals surface area contributed by atoms with Gasteiger partial charge in [0, 0.05) is 6.42 Å². The van der Waals surface area contributed by atoms with Crippen molar-refractivity contribution in [3.8, 4) is 0 Å². The van der Waals surface area contributed by atoms with Crippen LogP contribution < -0.4 is 0 Å². The summed E-state index contributed by atoms with van der Waals surface area (Å²) in [6.45, 7) is 2.14. The average Bonchev–Trinajstić information content (AvgIpc) is 2.83. The van der Waals surface area contributed by atoms with E-state index in [0.717, 1.165) is 12.0 Å². The molecule has 0 aromatic heterocycles. The minimum atomic E-state index is -0.854. The average molecular weight is 182 g/mol. The summed E-state index contributed by atoms with van der Waals surface area (Å²) in [4.78, 5) is 0. The van der Waals surface area contributed by atoms with Gasteiger partial charge in [-0.1, -0.05) is 25.2 Å². The molecule has 2 aliphatic carbocycles. The molecule has 2 rings (SSSR count).